The van der Waals surface area contributed by atoms with Crippen LogP contribution in [0.5, 0.6) is 5.75 Å². The number of benzene rings is 1. The van der Waals surface area contributed by atoms with Crippen LogP contribution in [0.25, 0.3) is 0 Å². The van der Waals surface area contributed by atoms with E-state index in [4.69, 9.17) is 16.3 Å². The van der Waals surface area contributed by atoms with E-state index < -0.39 is 0 Å². The average molecular weight is 310 g/mol. The maximum atomic E-state index is 11.8. The molecule has 20 heavy (non-hydrogen) atoms. The van der Waals surface area contributed by atoms with Gasteiger partial charge in [-0.25, -0.2) is 0 Å². The molecule has 0 saturated heterocycles. The van der Waals surface area contributed by atoms with Crippen molar-refractivity contribution in [3.63, 3.8) is 0 Å². The summed E-state index contributed by atoms with van der Waals surface area (Å²) in [6.07, 6.45) is 0. The molecule has 0 fully saturated rings. The van der Waals surface area contributed by atoms with Crippen LogP contribution in [0.1, 0.15) is 23.4 Å². The number of nitrogens with one attached hydrogen (secondary N) is 1. The van der Waals surface area contributed by atoms with Gasteiger partial charge in [-0.15, -0.1) is 11.3 Å². The fraction of sp³-hybridized carbons (Fsp3) is 0.267. The number of halogens is 1. The van der Waals surface area contributed by atoms with Crippen LogP contribution in [0.15, 0.2) is 35.7 Å². The average Bonchev–Trinajstić information content (AvgIpc) is 2.94. The first-order valence-electron chi connectivity index (χ1n) is 6.28. The van der Waals surface area contributed by atoms with Crippen molar-refractivity contribution in [3.8, 4) is 5.75 Å². The smallest absolute Gasteiger partial charge is 0.258 e. The van der Waals surface area contributed by atoms with Gasteiger partial charge in [-0.3, -0.25) is 4.79 Å². The largest absolute Gasteiger partial charge is 0.484 e. The molecule has 2 aromatic rings. The predicted octanol–water partition coefficient (Wildman–Crippen LogP) is 3.97. The first-order valence-corrected chi connectivity index (χ1v) is 7.53. The second kappa shape index (κ2) is 6.77. The Kier molecular flexibility index (Phi) is 5.04. The molecule has 0 unspecified atom stereocenters. The van der Waals surface area contributed by atoms with Gasteiger partial charge in [0.25, 0.3) is 5.91 Å². The number of amides is 1. The monoisotopic (exact) mass is 309 g/mol. The molecule has 0 aliphatic heterocycles. The van der Waals surface area contributed by atoms with Crippen molar-refractivity contribution in [3.05, 3.63) is 51.2 Å². The third-order valence-electron chi connectivity index (χ3n) is 2.85. The summed E-state index contributed by atoms with van der Waals surface area (Å²) in [7, 11) is 0. The highest BCUT2D eigenvalue weighted by molar-refractivity contribution is 7.10. The second-order valence-corrected chi connectivity index (χ2v) is 5.89. The van der Waals surface area contributed by atoms with E-state index in [0.717, 1.165) is 10.4 Å². The molecule has 2 rings (SSSR count). The lowest BCUT2D eigenvalue weighted by Crippen LogP contribution is -2.30. The van der Waals surface area contributed by atoms with Crippen LogP contribution in [-0.2, 0) is 4.79 Å². The van der Waals surface area contributed by atoms with Gasteiger partial charge >= 0.3 is 0 Å². The van der Waals surface area contributed by atoms with E-state index >= 15 is 0 Å². The normalized spacial score (nSPS) is 11.9. The Balaban J connectivity index is 1.84. The predicted molar refractivity (Wildman–Crippen MR) is 82.6 cm³/mol. The summed E-state index contributed by atoms with van der Waals surface area (Å²) >= 11 is 7.56. The summed E-state index contributed by atoms with van der Waals surface area (Å²) in [5.74, 6) is 0.504. The molecule has 1 N–H and O–H groups in total. The van der Waals surface area contributed by atoms with Crippen LogP contribution in [-0.4, -0.2) is 12.5 Å². The lowest BCUT2D eigenvalue weighted by molar-refractivity contribution is -0.123. The van der Waals surface area contributed by atoms with Crippen LogP contribution in [0, 0.1) is 6.92 Å². The topological polar surface area (TPSA) is 38.3 Å². The third kappa shape index (κ3) is 3.99. The summed E-state index contributed by atoms with van der Waals surface area (Å²) in [6.45, 7) is 3.85. The minimum atomic E-state index is -0.140. The van der Waals surface area contributed by atoms with Gasteiger partial charge in [-0.2, -0.15) is 0 Å². The maximum Gasteiger partial charge on any atom is 0.258 e. The number of aryl methyl sites for hydroxylation is 1. The van der Waals surface area contributed by atoms with Crippen molar-refractivity contribution in [1.82, 2.24) is 5.32 Å². The highest BCUT2D eigenvalue weighted by Gasteiger charge is 2.10. The van der Waals surface area contributed by atoms with E-state index in [1.807, 2.05) is 37.4 Å². The number of hydrogen-bond donors (Lipinski definition) is 1. The van der Waals surface area contributed by atoms with E-state index in [1.54, 1.807) is 23.5 Å². The zero-order valence-corrected chi connectivity index (χ0v) is 12.9. The second-order valence-electron chi connectivity index (χ2n) is 4.50. The van der Waals surface area contributed by atoms with E-state index in [-0.39, 0.29) is 18.6 Å². The molecule has 1 atom stereocenters. The number of carbonyl (C=O) groups is 1. The number of ether oxygens (including phenoxy) is 1. The molecule has 106 valence electrons. The highest BCUT2D eigenvalue weighted by atomic mass is 35.5. The fourth-order valence-electron chi connectivity index (χ4n) is 1.75. The molecule has 0 spiro atoms. The zero-order chi connectivity index (χ0) is 14.5. The van der Waals surface area contributed by atoms with Crippen molar-refractivity contribution >= 4 is 28.8 Å². The van der Waals surface area contributed by atoms with Crippen LogP contribution in [0.3, 0.4) is 0 Å². The van der Waals surface area contributed by atoms with Gasteiger partial charge in [0.1, 0.15) is 5.75 Å². The molecule has 5 heteroatoms. The van der Waals surface area contributed by atoms with E-state index in [2.05, 4.69) is 5.32 Å². The van der Waals surface area contributed by atoms with Crippen molar-refractivity contribution in [2.24, 2.45) is 0 Å². The molecular weight excluding hydrogens is 294 g/mol. The van der Waals surface area contributed by atoms with E-state index in [1.165, 1.54) is 0 Å². The summed E-state index contributed by atoms with van der Waals surface area (Å²) in [6, 6.07) is 9.30. The maximum absolute atomic E-state index is 11.8. The SMILES string of the molecule is Cc1cc(OCC(=O)N[C@H](C)c2cccs2)ccc1Cl. The molecule has 1 heterocycles. The van der Waals surface area contributed by atoms with Crippen molar-refractivity contribution in [1.29, 1.82) is 0 Å². The number of rotatable bonds is 5. The van der Waals surface area contributed by atoms with Crippen molar-refractivity contribution in [2.75, 3.05) is 6.61 Å². The molecule has 0 aliphatic rings. The molecule has 3 nitrogen and oxygen atoms in total. The Morgan fingerprint density at radius 1 is 1.45 bits per heavy atom. The lowest BCUT2D eigenvalue weighted by Gasteiger charge is -2.13. The molecule has 0 radical (unpaired) electrons. The summed E-state index contributed by atoms with van der Waals surface area (Å²) in [5, 5.41) is 5.58. The highest BCUT2D eigenvalue weighted by Crippen LogP contribution is 2.21. The van der Waals surface area contributed by atoms with Gasteiger partial charge < -0.3 is 10.1 Å². The summed E-state index contributed by atoms with van der Waals surface area (Å²) in [4.78, 5) is 12.9. The standard InChI is InChI=1S/C15H16ClNO2S/c1-10-8-12(5-6-13(10)16)19-9-15(18)17-11(2)14-4-3-7-20-14/h3-8,11H,9H2,1-2H3,(H,17,18)/t11-/m1/s1. The summed E-state index contributed by atoms with van der Waals surface area (Å²) < 4.78 is 5.45. The molecule has 1 aromatic heterocycles. The number of thiophene rings is 1. The Morgan fingerprint density at radius 3 is 2.90 bits per heavy atom. The van der Waals surface area contributed by atoms with Gasteiger partial charge in [-0.05, 0) is 49.1 Å². The van der Waals surface area contributed by atoms with Crippen LogP contribution in [0.2, 0.25) is 5.02 Å². The minimum Gasteiger partial charge on any atom is -0.484 e. The van der Waals surface area contributed by atoms with Gasteiger partial charge in [0.2, 0.25) is 0 Å². The van der Waals surface area contributed by atoms with Crippen LogP contribution in [0.4, 0.5) is 0 Å². The molecule has 0 saturated carbocycles. The Labute approximate surface area is 127 Å². The number of carbonyl (C=O) groups excluding carboxylic acids is 1. The molecule has 0 aliphatic carbocycles. The van der Waals surface area contributed by atoms with Crippen LogP contribution >= 0.6 is 22.9 Å². The molecule has 1 amide bonds. The van der Waals surface area contributed by atoms with Gasteiger partial charge in [-0.1, -0.05) is 17.7 Å². The zero-order valence-electron chi connectivity index (χ0n) is 11.4. The Morgan fingerprint density at radius 2 is 2.25 bits per heavy atom. The molecule has 0 bridgehead atoms. The fourth-order valence-corrected chi connectivity index (χ4v) is 2.60. The van der Waals surface area contributed by atoms with Crippen molar-refractivity contribution < 1.29 is 9.53 Å². The number of hydrogen-bond acceptors (Lipinski definition) is 3. The third-order valence-corrected chi connectivity index (χ3v) is 4.33. The Bertz CT molecular complexity index is 584. The molecular formula is C15H16ClNO2S. The van der Waals surface area contributed by atoms with Gasteiger partial charge in [0.15, 0.2) is 6.61 Å². The summed E-state index contributed by atoms with van der Waals surface area (Å²) in [5.41, 5.74) is 0.927. The van der Waals surface area contributed by atoms with Gasteiger partial charge in [0, 0.05) is 9.90 Å². The Hall–Kier alpha value is -1.52. The first kappa shape index (κ1) is 14.9. The molecule has 1 aromatic carbocycles. The quantitative estimate of drug-likeness (QED) is 0.907. The van der Waals surface area contributed by atoms with E-state index in [0.29, 0.717) is 10.8 Å². The van der Waals surface area contributed by atoms with E-state index in [9.17, 15) is 4.79 Å². The first-order chi connectivity index (χ1) is 9.56. The van der Waals surface area contributed by atoms with Crippen LogP contribution < -0.4 is 10.1 Å². The lowest BCUT2D eigenvalue weighted by atomic mass is 10.2. The minimum absolute atomic E-state index is 0.00180. The van der Waals surface area contributed by atoms with Gasteiger partial charge in [0.05, 0.1) is 6.04 Å². The van der Waals surface area contributed by atoms with Crippen molar-refractivity contribution in [2.45, 2.75) is 19.9 Å².